The van der Waals surface area contributed by atoms with E-state index in [1.54, 1.807) is 13.8 Å². The van der Waals surface area contributed by atoms with Crippen molar-refractivity contribution in [2.45, 2.75) is 133 Å². The lowest BCUT2D eigenvalue weighted by Crippen LogP contribution is -2.61. The lowest BCUT2D eigenvalue weighted by atomic mass is 10.0. The van der Waals surface area contributed by atoms with Crippen LogP contribution in [0.2, 0.25) is 0 Å². The molecule has 8 amide bonds. The smallest absolute Gasteiger partial charge is 0.322 e. The highest BCUT2D eigenvalue weighted by Crippen LogP contribution is 2.09. The number of hydrogen-bond acceptors (Lipinski definition) is 15. The molecule has 28 nitrogen and oxygen atoms in total. The molecule has 368 valence electrons. The van der Waals surface area contributed by atoms with Crippen molar-refractivity contribution in [2.24, 2.45) is 39.6 Å². The molecule has 0 aliphatic rings. The third kappa shape index (κ3) is 25.3. The first-order valence-corrected chi connectivity index (χ1v) is 20.5. The predicted octanol–water partition coefficient (Wildman–Crippen LogP) is -6.75. The van der Waals surface area contributed by atoms with Crippen molar-refractivity contribution < 1.29 is 73.2 Å². The number of unbranched alkanes of at least 4 members (excludes halogenated alkanes) is 1. The number of nitrogens with two attached hydrogens (primary N) is 5. The maximum absolute atomic E-state index is 13.7. The first-order valence-electron chi connectivity index (χ1n) is 20.5. The van der Waals surface area contributed by atoms with Gasteiger partial charge in [-0.1, -0.05) is 13.8 Å². The SMILES string of the molecule is CC(C)C[C@H](N)C(=O)N[C@@H](CCC(=O)O)C(=O)N[C@@H](CCCCN)C(=O)N[C@@H](CC(=O)O)C(=O)N[C@@H](CC(N)=O)C(=O)N[C@@H](CCCN=C(N)N)C(=O)N[C@H](C(=O)NCC(=O)O)[C@@H](C)O. The third-order valence-electron chi connectivity index (χ3n) is 9.03. The minimum absolute atomic E-state index is 0.0122. The number of nitrogens with one attached hydrogen (secondary N) is 7. The molecule has 0 unspecified atom stereocenters. The van der Waals surface area contributed by atoms with Crippen molar-refractivity contribution in [1.82, 2.24) is 37.2 Å². The summed E-state index contributed by atoms with van der Waals surface area (Å²) in [6.45, 7) is 3.89. The molecular formula is C37H65N13O15. The molecule has 0 aliphatic carbocycles. The summed E-state index contributed by atoms with van der Waals surface area (Å²) >= 11 is 0. The number of rotatable bonds is 33. The summed E-state index contributed by atoms with van der Waals surface area (Å²) in [5.41, 5.74) is 27.6. The van der Waals surface area contributed by atoms with Crippen LogP contribution in [0.15, 0.2) is 4.99 Å². The van der Waals surface area contributed by atoms with Gasteiger partial charge in [0, 0.05) is 13.0 Å². The lowest BCUT2D eigenvalue weighted by Gasteiger charge is -2.27. The van der Waals surface area contributed by atoms with Crippen molar-refractivity contribution in [3.63, 3.8) is 0 Å². The standard InChI is InChI=1S/C37H65N13O15/c1-17(2)13-19(39)30(59)45-22(9-10-26(53)54)32(61)46-20(7-4-5-11-38)31(60)49-24(15-27(55)56)35(64)48-23(14-25(40)52)34(63)47-21(8-6-12-43-37(41)42)33(62)50-29(18(3)51)36(65)44-16-28(57)58/h17-24,29,51H,4-16,38-39H2,1-3H3,(H2,40,52)(H,44,65)(H,45,59)(H,46,61)(H,47,63)(H,48,64)(H,49,60)(H,50,62)(H,53,54)(H,55,56)(H,57,58)(H4,41,42,43)/t18-,19+,20+,21+,22+,23+,24+,29+/m1/s1. The van der Waals surface area contributed by atoms with Gasteiger partial charge in [-0.25, -0.2) is 0 Å². The molecule has 0 fully saturated rings. The van der Waals surface area contributed by atoms with Crippen LogP contribution in [0.1, 0.15) is 85.0 Å². The van der Waals surface area contributed by atoms with E-state index in [1.807, 2.05) is 5.32 Å². The van der Waals surface area contributed by atoms with Crippen LogP contribution in [-0.2, 0) is 52.7 Å². The Balaban J connectivity index is 6.64. The van der Waals surface area contributed by atoms with Crippen molar-refractivity contribution in [2.75, 3.05) is 19.6 Å². The van der Waals surface area contributed by atoms with E-state index < -0.39 is 146 Å². The Bertz CT molecular complexity index is 1710. The fraction of sp³-hybridized carbons (Fsp3) is 0.676. The second kappa shape index (κ2) is 30.4. The number of carboxylic acid groups (broad SMARTS) is 3. The van der Waals surface area contributed by atoms with E-state index in [0.29, 0.717) is 6.42 Å². The number of carbonyl (C=O) groups is 11. The van der Waals surface area contributed by atoms with Gasteiger partial charge in [-0.3, -0.25) is 57.7 Å². The van der Waals surface area contributed by atoms with Gasteiger partial charge in [-0.2, -0.15) is 0 Å². The highest BCUT2D eigenvalue weighted by molar-refractivity contribution is 5.99. The number of aliphatic hydroxyl groups is 1. The number of carboxylic acids is 3. The zero-order valence-corrected chi connectivity index (χ0v) is 36.5. The van der Waals surface area contributed by atoms with Crippen LogP contribution in [0.4, 0.5) is 0 Å². The van der Waals surface area contributed by atoms with Crippen LogP contribution >= 0.6 is 0 Å². The number of guanidine groups is 1. The van der Waals surface area contributed by atoms with E-state index in [4.69, 9.17) is 33.8 Å². The van der Waals surface area contributed by atoms with Gasteiger partial charge in [0.15, 0.2) is 5.96 Å². The van der Waals surface area contributed by atoms with Crippen molar-refractivity contribution in [3.05, 3.63) is 0 Å². The van der Waals surface area contributed by atoms with E-state index in [2.05, 4.69) is 36.9 Å². The molecule has 0 radical (unpaired) electrons. The second-order valence-corrected chi connectivity index (χ2v) is 15.3. The highest BCUT2D eigenvalue weighted by Gasteiger charge is 2.35. The molecule has 8 atom stereocenters. The van der Waals surface area contributed by atoms with Gasteiger partial charge in [0.2, 0.25) is 47.3 Å². The Morgan fingerprint density at radius 3 is 1.46 bits per heavy atom. The van der Waals surface area contributed by atoms with Crippen LogP contribution in [0.25, 0.3) is 0 Å². The second-order valence-electron chi connectivity index (χ2n) is 15.3. The van der Waals surface area contributed by atoms with Gasteiger partial charge < -0.3 is 86.3 Å². The van der Waals surface area contributed by atoms with Crippen molar-refractivity contribution in [3.8, 4) is 0 Å². The lowest BCUT2D eigenvalue weighted by molar-refractivity contribution is -0.142. The number of primary amides is 1. The number of aliphatic imine (C=N–C) groups is 1. The molecule has 0 rings (SSSR count). The zero-order valence-electron chi connectivity index (χ0n) is 36.5. The van der Waals surface area contributed by atoms with Crippen molar-refractivity contribution >= 4 is 71.1 Å². The van der Waals surface area contributed by atoms with Gasteiger partial charge in [0.05, 0.1) is 25.0 Å². The topological polar surface area (TPSA) is 495 Å². The summed E-state index contributed by atoms with van der Waals surface area (Å²) in [4.78, 5) is 144. The molecule has 0 spiro atoms. The van der Waals surface area contributed by atoms with Crippen LogP contribution in [0, 0.1) is 5.92 Å². The van der Waals surface area contributed by atoms with Crippen LogP contribution in [0.3, 0.4) is 0 Å². The summed E-state index contributed by atoms with van der Waals surface area (Å²) in [5, 5.41) is 53.5. The Morgan fingerprint density at radius 1 is 0.554 bits per heavy atom. The maximum atomic E-state index is 13.7. The molecule has 0 aromatic heterocycles. The Kier molecular flexibility index (Phi) is 27.3. The Labute approximate surface area is 373 Å². The zero-order chi connectivity index (χ0) is 50.0. The van der Waals surface area contributed by atoms with Crippen LogP contribution in [0.5, 0.6) is 0 Å². The molecule has 0 aromatic carbocycles. The molecule has 0 saturated carbocycles. The average Bonchev–Trinajstić information content (AvgIpc) is 3.19. The monoisotopic (exact) mass is 931 g/mol. The van der Waals surface area contributed by atoms with E-state index in [-0.39, 0.29) is 57.1 Å². The van der Waals surface area contributed by atoms with E-state index in [1.165, 1.54) is 0 Å². The minimum atomic E-state index is -2.01. The third-order valence-corrected chi connectivity index (χ3v) is 9.03. The Hall–Kier alpha value is -6.68. The summed E-state index contributed by atoms with van der Waals surface area (Å²) in [6, 6.07) is -11.4. The predicted molar refractivity (Wildman–Crippen MR) is 227 cm³/mol. The summed E-state index contributed by atoms with van der Waals surface area (Å²) in [5.74, 6) is -13.7. The number of nitrogens with zero attached hydrogens (tertiary/aromatic N) is 1. The van der Waals surface area contributed by atoms with Crippen LogP contribution in [-0.4, -0.2) is 160 Å². The number of aliphatic hydroxyl groups excluding tert-OH is 1. The molecule has 0 bridgehead atoms. The van der Waals surface area contributed by atoms with Gasteiger partial charge in [-0.05, 0) is 64.3 Å². The summed E-state index contributed by atoms with van der Waals surface area (Å²) in [7, 11) is 0. The van der Waals surface area contributed by atoms with E-state index in [0.717, 1.165) is 6.92 Å². The molecule has 0 aliphatic heterocycles. The van der Waals surface area contributed by atoms with Gasteiger partial charge in [0.25, 0.3) is 0 Å². The molecule has 0 heterocycles. The van der Waals surface area contributed by atoms with Gasteiger partial charge in [-0.15, -0.1) is 0 Å². The molecule has 65 heavy (non-hydrogen) atoms. The fourth-order valence-electron chi connectivity index (χ4n) is 5.78. The normalized spacial score (nSPS) is 14.6. The van der Waals surface area contributed by atoms with E-state index >= 15 is 0 Å². The molecule has 0 aromatic rings. The van der Waals surface area contributed by atoms with Gasteiger partial charge in [0.1, 0.15) is 42.8 Å². The first-order chi connectivity index (χ1) is 30.3. The Morgan fingerprint density at radius 2 is 1.02 bits per heavy atom. The average molecular weight is 932 g/mol. The number of aliphatic carboxylic acids is 3. The van der Waals surface area contributed by atoms with E-state index in [9.17, 15) is 68.1 Å². The molecule has 28 heteroatoms. The summed E-state index contributed by atoms with van der Waals surface area (Å²) in [6.07, 6.45) is -4.39. The van der Waals surface area contributed by atoms with Crippen molar-refractivity contribution in [1.29, 1.82) is 0 Å². The van der Waals surface area contributed by atoms with Gasteiger partial charge >= 0.3 is 17.9 Å². The number of carbonyl (C=O) groups excluding carboxylic acids is 8. The fourth-order valence-corrected chi connectivity index (χ4v) is 5.78. The number of amides is 8. The largest absolute Gasteiger partial charge is 0.481 e. The first kappa shape index (κ1) is 58.3. The molecule has 0 saturated heterocycles. The minimum Gasteiger partial charge on any atom is -0.481 e. The number of hydrogen-bond donors (Lipinski definition) is 16. The maximum Gasteiger partial charge on any atom is 0.322 e. The quantitative estimate of drug-likeness (QED) is 0.0165. The van der Waals surface area contributed by atoms with Crippen LogP contribution < -0.4 is 65.9 Å². The molecule has 21 N–H and O–H groups in total. The summed E-state index contributed by atoms with van der Waals surface area (Å²) < 4.78 is 0. The highest BCUT2D eigenvalue weighted by atomic mass is 16.4. The molecular weight excluding hydrogens is 866 g/mol.